The van der Waals surface area contributed by atoms with Gasteiger partial charge in [-0.25, -0.2) is 0 Å². The maximum absolute atomic E-state index is 10.3. The number of β-amino-alcohol motifs (C(OH)–C–C–N with tert-alkyl or cyclic N) is 1. The van der Waals surface area contributed by atoms with E-state index in [-0.39, 0.29) is 18.3 Å². The van der Waals surface area contributed by atoms with Gasteiger partial charge in [-0.2, -0.15) is 0 Å². The van der Waals surface area contributed by atoms with E-state index in [1.165, 1.54) is 11.1 Å². The Bertz CT molecular complexity index is 497. The number of hydrogen-bond donors (Lipinski definition) is 1. The van der Waals surface area contributed by atoms with E-state index in [0.717, 1.165) is 32.4 Å². The lowest BCUT2D eigenvalue weighted by Gasteiger charge is -2.36. The van der Waals surface area contributed by atoms with Crippen molar-refractivity contribution >= 4 is 0 Å². The first-order chi connectivity index (χ1) is 11.1. The molecule has 0 saturated carbocycles. The van der Waals surface area contributed by atoms with Crippen LogP contribution >= 0.6 is 0 Å². The van der Waals surface area contributed by atoms with Gasteiger partial charge in [-0.1, -0.05) is 24.3 Å². The Labute approximate surface area is 139 Å². The lowest BCUT2D eigenvalue weighted by Crippen LogP contribution is -2.48. The summed E-state index contributed by atoms with van der Waals surface area (Å²) in [5.74, 6) is 0. The zero-order chi connectivity index (χ0) is 16.2. The summed E-state index contributed by atoms with van der Waals surface area (Å²) in [7, 11) is 0. The van der Waals surface area contributed by atoms with Crippen molar-refractivity contribution in [3.05, 3.63) is 35.4 Å². The Balaban J connectivity index is 1.49. The first kappa shape index (κ1) is 16.9. The van der Waals surface area contributed by atoms with E-state index in [2.05, 4.69) is 43.0 Å². The van der Waals surface area contributed by atoms with Crippen molar-refractivity contribution in [2.75, 3.05) is 26.2 Å². The second-order valence-electron chi connectivity index (χ2n) is 7.04. The van der Waals surface area contributed by atoms with Gasteiger partial charge in [0.15, 0.2) is 0 Å². The fourth-order valence-electron chi connectivity index (χ4n) is 3.89. The van der Waals surface area contributed by atoms with Gasteiger partial charge in [-0.05, 0) is 44.2 Å². The summed E-state index contributed by atoms with van der Waals surface area (Å²) in [5.41, 5.74) is 2.70. The molecule has 0 aromatic heterocycles. The summed E-state index contributed by atoms with van der Waals surface area (Å²) in [6.07, 6.45) is 3.52. The van der Waals surface area contributed by atoms with Crippen LogP contribution in [0.15, 0.2) is 24.3 Å². The molecular formula is C19H29NO3. The van der Waals surface area contributed by atoms with Gasteiger partial charge in [0.25, 0.3) is 0 Å². The summed E-state index contributed by atoms with van der Waals surface area (Å²) in [4.78, 5) is 2.28. The molecule has 0 radical (unpaired) electrons. The zero-order valence-electron chi connectivity index (χ0n) is 14.3. The van der Waals surface area contributed by atoms with Crippen molar-refractivity contribution in [2.24, 2.45) is 0 Å². The number of morpholine rings is 1. The predicted molar refractivity (Wildman–Crippen MR) is 90.5 cm³/mol. The van der Waals surface area contributed by atoms with Gasteiger partial charge >= 0.3 is 0 Å². The van der Waals surface area contributed by atoms with Gasteiger partial charge in [0, 0.05) is 19.6 Å². The van der Waals surface area contributed by atoms with E-state index < -0.39 is 6.10 Å². The van der Waals surface area contributed by atoms with Crippen LogP contribution in [0.2, 0.25) is 0 Å². The van der Waals surface area contributed by atoms with Crippen LogP contribution < -0.4 is 0 Å². The highest BCUT2D eigenvalue weighted by Crippen LogP contribution is 2.32. The number of hydrogen-bond acceptors (Lipinski definition) is 4. The normalized spacial score (nSPS) is 30.0. The second-order valence-corrected chi connectivity index (χ2v) is 7.04. The number of benzene rings is 1. The molecule has 4 nitrogen and oxygen atoms in total. The number of aliphatic hydroxyl groups is 1. The molecule has 0 amide bonds. The van der Waals surface area contributed by atoms with Gasteiger partial charge in [0.2, 0.25) is 0 Å². The highest BCUT2D eigenvalue weighted by atomic mass is 16.5. The van der Waals surface area contributed by atoms with Gasteiger partial charge in [0.1, 0.15) is 0 Å². The van der Waals surface area contributed by atoms with E-state index in [1.807, 2.05) is 0 Å². The average molecular weight is 319 g/mol. The van der Waals surface area contributed by atoms with Crippen molar-refractivity contribution in [3.8, 4) is 0 Å². The second kappa shape index (κ2) is 7.75. The quantitative estimate of drug-likeness (QED) is 0.906. The third kappa shape index (κ3) is 4.54. The number of nitrogens with zero attached hydrogens (tertiary/aromatic N) is 1. The van der Waals surface area contributed by atoms with Crippen LogP contribution in [0.5, 0.6) is 0 Å². The molecule has 2 aliphatic rings. The summed E-state index contributed by atoms with van der Waals surface area (Å²) in [6.45, 7) is 7.00. The molecule has 128 valence electrons. The summed E-state index contributed by atoms with van der Waals surface area (Å²) in [5, 5.41) is 10.3. The molecule has 1 aromatic rings. The van der Waals surface area contributed by atoms with Crippen LogP contribution in [0.25, 0.3) is 0 Å². The number of aryl methyl sites for hydroxylation is 1. The van der Waals surface area contributed by atoms with E-state index in [9.17, 15) is 5.11 Å². The maximum atomic E-state index is 10.3. The molecular weight excluding hydrogens is 290 g/mol. The summed E-state index contributed by atoms with van der Waals surface area (Å²) in [6, 6.07) is 8.53. The van der Waals surface area contributed by atoms with E-state index in [4.69, 9.17) is 9.47 Å². The lowest BCUT2D eigenvalue weighted by atomic mass is 9.89. The number of fused-ring (bicyclic) bond motifs is 1. The Morgan fingerprint density at radius 2 is 2.00 bits per heavy atom. The molecule has 0 bridgehead atoms. The standard InChI is InChI=1S/C19H29NO3/c1-14-10-20(11-15(2)23-14)12-17(21)13-22-19-9-5-7-16-6-3-4-8-18(16)19/h3-4,6,8,14-15,17,19,21H,5,7,9-13H2,1-2H3/t14-,15+,17-,19+/m0/s1. The third-order valence-electron chi connectivity index (χ3n) is 4.77. The largest absolute Gasteiger partial charge is 0.389 e. The molecule has 3 rings (SSSR count). The van der Waals surface area contributed by atoms with Gasteiger partial charge in [-0.15, -0.1) is 0 Å². The van der Waals surface area contributed by atoms with Gasteiger partial charge in [-0.3, -0.25) is 4.90 Å². The number of aliphatic hydroxyl groups excluding tert-OH is 1. The molecule has 1 aliphatic heterocycles. The van der Waals surface area contributed by atoms with Crippen LogP contribution in [0.1, 0.15) is 43.9 Å². The Kier molecular flexibility index (Phi) is 5.70. The van der Waals surface area contributed by atoms with Crippen LogP contribution in [-0.2, 0) is 15.9 Å². The molecule has 1 fully saturated rings. The van der Waals surface area contributed by atoms with Crippen molar-refractivity contribution < 1.29 is 14.6 Å². The molecule has 4 heteroatoms. The van der Waals surface area contributed by atoms with Crippen molar-refractivity contribution in [1.29, 1.82) is 0 Å². The smallest absolute Gasteiger partial charge is 0.0900 e. The van der Waals surface area contributed by atoms with E-state index in [1.54, 1.807) is 0 Å². The molecule has 1 saturated heterocycles. The molecule has 0 spiro atoms. The van der Waals surface area contributed by atoms with Crippen molar-refractivity contribution in [3.63, 3.8) is 0 Å². The third-order valence-corrected chi connectivity index (χ3v) is 4.77. The molecule has 0 unspecified atom stereocenters. The van der Waals surface area contributed by atoms with Crippen molar-refractivity contribution in [2.45, 2.75) is 57.5 Å². The van der Waals surface area contributed by atoms with Gasteiger partial charge < -0.3 is 14.6 Å². The molecule has 1 heterocycles. The summed E-state index contributed by atoms with van der Waals surface area (Å²) < 4.78 is 11.8. The highest BCUT2D eigenvalue weighted by molar-refractivity contribution is 5.31. The minimum Gasteiger partial charge on any atom is -0.389 e. The fraction of sp³-hybridized carbons (Fsp3) is 0.684. The van der Waals surface area contributed by atoms with Crippen molar-refractivity contribution in [1.82, 2.24) is 4.90 Å². The van der Waals surface area contributed by atoms with E-state index in [0.29, 0.717) is 13.2 Å². The van der Waals surface area contributed by atoms with Crippen LogP contribution in [0.4, 0.5) is 0 Å². The molecule has 23 heavy (non-hydrogen) atoms. The average Bonchev–Trinajstić information content (AvgIpc) is 2.52. The van der Waals surface area contributed by atoms with Gasteiger partial charge in [0.05, 0.1) is 31.0 Å². The highest BCUT2D eigenvalue weighted by Gasteiger charge is 2.25. The SMILES string of the molecule is C[C@@H]1CN(C[C@H](O)CO[C@@H]2CCCc3ccccc32)C[C@H](C)O1. The first-order valence-electron chi connectivity index (χ1n) is 8.87. The van der Waals surface area contributed by atoms with E-state index >= 15 is 0 Å². The minimum atomic E-state index is -0.443. The molecule has 1 aliphatic carbocycles. The Hall–Kier alpha value is -0.940. The molecule has 1 aromatic carbocycles. The van der Waals surface area contributed by atoms with Crippen LogP contribution in [0.3, 0.4) is 0 Å². The Morgan fingerprint density at radius 1 is 1.26 bits per heavy atom. The molecule has 4 atom stereocenters. The Morgan fingerprint density at radius 3 is 2.78 bits per heavy atom. The van der Waals surface area contributed by atoms with Crippen LogP contribution in [0, 0.1) is 0 Å². The minimum absolute atomic E-state index is 0.136. The monoisotopic (exact) mass is 319 g/mol. The lowest BCUT2D eigenvalue weighted by molar-refractivity contribution is -0.0867. The topological polar surface area (TPSA) is 41.9 Å². The van der Waals surface area contributed by atoms with Crippen LogP contribution in [-0.4, -0.2) is 54.6 Å². The predicted octanol–water partition coefficient (Wildman–Crippen LogP) is 2.55. The number of rotatable bonds is 5. The number of ether oxygens (including phenoxy) is 2. The summed E-state index contributed by atoms with van der Waals surface area (Å²) >= 11 is 0. The first-order valence-corrected chi connectivity index (χ1v) is 8.87. The zero-order valence-corrected chi connectivity index (χ0v) is 14.3. The molecule has 1 N–H and O–H groups in total. The maximum Gasteiger partial charge on any atom is 0.0900 e. The fourth-order valence-corrected chi connectivity index (χ4v) is 3.89.